The molecule has 0 radical (unpaired) electrons. The molecule has 0 bridgehead atoms. The first-order chi connectivity index (χ1) is 11.0. The fraction of sp³-hybridized carbons (Fsp3) is 0.632. The van der Waals surface area contributed by atoms with Crippen LogP contribution in [-0.4, -0.2) is 41.1 Å². The number of hydrogen-bond acceptors (Lipinski definition) is 3. The minimum Gasteiger partial charge on any atom is -0.480 e. The second-order valence-corrected chi connectivity index (χ2v) is 7.31. The Hall–Kier alpha value is -1.39. The molecule has 126 valence electrons. The Morgan fingerprint density at radius 2 is 2.13 bits per heavy atom. The predicted octanol–water partition coefficient (Wildman–Crippen LogP) is 2.76. The van der Waals surface area contributed by atoms with Crippen molar-refractivity contribution in [1.82, 2.24) is 10.2 Å². The van der Waals surface area contributed by atoms with Gasteiger partial charge in [-0.3, -0.25) is 9.69 Å². The number of nitrogens with one attached hydrogen (secondary N) is 1. The molecule has 0 saturated heterocycles. The Morgan fingerprint density at radius 3 is 2.78 bits per heavy atom. The number of fused-ring (bicyclic) bond motifs is 1. The fourth-order valence-electron chi connectivity index (χ4n) is 4.16. The van der Waals surface area contributed by atoms with Gasteiger partial charge in [-0.15, -0.1) is 0 Å². The van der Waals surface area contributed by atoms with Crippen LogP contribution >= 0.6 is 0 Å². The number of likely N-dealkylation sites (N-methyl/N-ethyl adjacent to an activating group) is 1. The van der Waals surface area contributed by atoms with Crippen LogP contribution in [0.3, 0.4) is 0 Å². The molecule has 2 unspecified atom stereocenters. The quantitative estimate of drug-likeness (QED) is 0.847. The van der Waals surface area contributed by atoms with Crippen molar-refractivity contribution in [3.8, 4) is 0 Å². The second kappa shape index (κ2) is 6.62. The first kappa shape index (κ1) is 16.5. The van der Waals surface area contributed by atoms with E-state index in [2.05, 4.69) is 42.3 Å². The lowest BCUT2D eigenvalue weighted by atomic mass is 9.84. The molecule has 1 saturated carbocycles. The van der Waals surface area contributed by atoms with Crippen LogP contribution < -0.4 is 5.32 Å². The molecule has 1 aromatic rings. The monoisotopic (exact) mass is 316 g/mol. The van der Waals surface area contributed by atoms with Gasteiger partial charge in [-0.05, 0) is 49.8 Å². The normalized spacial score (nSPS) is 29.4. The summed E-state index contributed by atoms with van der Waals surface area (Å²) in [6, 6.07) is 8.20. The van der Waals surface area contributed by atoms with Crippen LogP contribution in [0.25, 0.3) is 0 Å². The predicted molar refractivity (Wildman–Crippen MR) is 91.6 cm³/mol. The molecule has 1 fully saturated rings. The molecule has 2 aliphatic rings. The highest BCUT2D eigenvalue weighted by Crippen LogP contribution is 2.38. The van der Waals surface area contributed by atoms with Gasteiger partial charge in [0.25, 0.3) is 0 Å². The van der Waals surface area contributed by atoms with E-state index in [1.54, 1.807) is 0 Å². The molecule has 3 rings (SSSR count). The average Bonchev–Trinajstić information content (AvgIpc) is 2.75. The Morgan fingerprint density at radius 1 is 1.39 bits per heavy atom. The number of aliphatic carboxylic acids is 1. The maximum Gasteiger partial charge on any atom is 0.317 e. The molecule has 2 N–H and O–H groups in total. The number of rotatable bonds is 6. The summed E-state index contributed by atoms with van der Waals surface area (Å²) in [5, 5.41) is 12.8. The average molecular weight is 316 g/mol. The van der Waals surface area contributed by atoms with E-state index < -0.39 is 5.97 Å². The van der Waals surface area contributed by atoms with E-state index in [-0.39, 0.29) is 6.54 Å². The number of carboxylic acids is 1. The van der Waals surface area contributed by atoms with Crippen LogP contribution in [0.2, 0.25) is 0 Å². The third kappa shape index (κ3) is 3.43. The fourth-order valence-corrected chi connectivity index (χ4v) is 4.16. The van der Waals surface area contributed by atoms with E-state index in [0.29, 0.717) is 24.0 Å². The summed E-state index contributed by atoms with van der Waals surface area (Å²) < 4.78 is 0. The molecule has 0 heterocycles. The van der Waals surface area contributed by atoms with Crippen LogP contribution in [0, 0.1) is 12.8 Å². The van der Waals surface area contributed by atoms with Crippen LogP contribution in [0.15, 0.2) is 18.2 Å². The number of nitrogens with zero attached hydrogens (tertiary/aromatic N) is 1. The number of carboxylic acid groups (broad SMARTS) is 1. The summed E-state index contributed by atoms with van der Waals surface area (Å²) in [7, 11) is 0. The van der Waals surface area contributed by atoms with E-state index in [0.717, 1.165) is 25.8 Å². The lowest BCUT2D eigenvalue weighted by molar-refractivity contribution is -0.139. The summed E-state index contributed by atoms with van der Waals surface area (Å²) in [6.45, 7) is 7.50. The minimum absolute atomic E-state index is 0.162. The molecule has 0 aromatic heterocycles. The largest absolute Gasteiger partial charge is 0.480 e. The molecular weight excluding hydrogens is 288 g/mol. The van der Waals surface area contributed by atoms with Crippen LogP contribution in [0.1, 0.15) is 49.4 Å². The van der Waals surface area contributed by atoms with Gasteiger partial charge in [-0.2, -0.15) is 0 Å². The van der Waals surface area contributed by atoms with Crippen LogP contribution in [-0.2, 0) is 11.2 Å². The molecule has 4 nitrogen and oxygen atoms in total. The minimum atomic E-state index is -0.725. The van der Waals surface area contributed by atoms with Crippen molar-refractivity contribution in [3.63, 3.8) is 0 Å². The summed E-state index contributed by atoms with van der Waals surface area (Å²) in [5.41, 5.74) is 4.28. The smallest absolute Gasteiger partial charge is 0.317 e. The first-order valence-electron chi connectivity index (χ1n) is 8.79. The Bertz CT molecular complexity index is 581. The van der Waals surface area contributed by atoms with E-state index in [1.165, 1.54) is 16.7 Å². The van der Waals surface area contributed by atoms with Gasteiger partial charge in [0.15, 0.2) is 0 Å². The zero-order valence-corrected chi connectivity index (χ0v) is 14.4. The van der Waals surface area contributed by atoms with Crippen molar-refractivity contribution in [2.75, 3.05) is 13.1 Å². The summed E-state index contributed by atoms with van der Waals surface area (Å²) >= 11 is 0. The van der Waals surface area contributed by atoms with Crippen LogP contribution in [0.5, 0.6) is 0 Å². The molecule has 4 heteroatoms. The zero-order chi connectivity index (χ0) is 16.6. The first-order valence-corrected chi connectivity index (χ1v) is 8.79. The highest BCUT2D eigenvalue weighted by Gasteiger charge is 2.38. The second-order valence-electron chi connectivity index (χ2n) is 7.31. The third-order valence-corrected chi connectivity index (χ3v) is 5.54. The number of benzene rings is 1. The topological polar surface area (TPSA) is 52.6 Å². The maximum atomic E-state index is 10.9. The van der Waals surface area contributed by atoms with Gasteiger partial charge in [-0.25, -0.2) is 0 Å². The highest BCUT2D eigenvalue weighted by atomic mass is 16.4. The maximum absolute atomic E-state index is 10.9. The Labute approximate surface area is 138 Å². The van der Waals surface area contributed by atoms with Crippen LogP contribution in [0.4, 0.5) is 0 Å². The molecule has 0 aliphatic heterocycles. The van der Waals surface area contributed by atoms with Crippen molar-refractivity contribution in [1.29, 1.82) is 0 Å². The molecule has 0 spiro atoms. The van der Waals surface area contributed by atoms with E-state index in [1.807, 2.05) is 6.92 Å². The molecule has 1 aromatic carbocycles. The summed E-state index contributed by atoms with van der Waals surface area (Å²) in [6.07, 6.45) is 3.28. The van der Waals surface area contributed by atoms with Gasteiger partial charge >= 0.3 is 5.97 Å². The van der Waals surface area contributed by atoms with Gasteiger partial charge in [0.2, 0.25) is 0 Å². The van der Waals surface area contributed by atoms with Gasteiger partial charge in [0, 0.05) is 18.1 Å². The highest BCUT2D eigenvalue weighted by molar-refractivity contribution is 5.69. The van der Waals surface area contributed by atoms with Gasteiger partial charge < -0.3 is 10.4 Å². The number of carbonyl (C=O) groups is 1. The van der Waals surface area contributed by atoms with Crippen molar-refractivity contribution in [2.45, 2.75) is 58.2 Å². The lowest BCUT2D eigenvalue weighted by Gasteiger charge is -2.44. The number of aryl methyl sites for hydroxylation is 1. The molecule has 23 heavy (non-hydrogen) atoms. The van der Waals surface area contributed by atoms with E-state index in [9.17, 15) is 4.79 Å². The van der Waals surface area contributed by atoms with Crippen molar-refractivity contribution in [2.24, 2.45) is 5.92 Å². The Kier molecular flexibility index (Phi) is 4.74. The standard InChI is InChI=1S/C19H28N2O2/c1-4-21(11-18(22)23)16-9-15(10-16)20-19-13(3)8-14-6-5-12(2)7-17(14)19/h5-7,13,15-16,19-20H,4,8-11H2,1-3H3,(H,22,23). The summed E-state index contributed by atoms with van der Waals surface area (Å²) in [5.74, 6) is -0.0933. The van der Waals surface area contributed by atoms with Gasteiger partial charge in [0.1, 0.15) is 0 Å². The third-order valence-electron chi connectivity index (χ3n) is 5.54. The van der Waals surface area contributed by atoms with Gasteiger partial charge in [-0.1, -0.05) is 37.6 Å². The van der Waals surface area contributed by atoms with Crippen molar-refractivity contribution < 1.29 is 9.90 Å². The molecule has 2 aliphatic carbocycles. The van der Waals surface area contributed by atoms with E-state index >= 15 is 0 Å². The molecule has 0 amide bonds. The van der Waals surface area contributed by atoms with Gasteiger partial charge in [0.05, 0.1) is 6.54 Å². The SMILES string of the molecule is CCN(CC(=O)O)C1CC(NC2c3cc(C)ccc3CC2C)C1. The van der Waals surface area contributed by atoms with Crippen molar-refractivity contribution >= 4 is 5.97 Å². The molecule has 2 atom stereocenters. The summed E-state index contributed by atoms with van der Waals surface area (Å²) in [4.78, 5) is 13.0. The Balaban J connectivity index is 1.58. The lowest BCUT2D eigenvalue weighted by Crippen LogP contribution is -2.54. The van der Waals surface area contributed by atoms with E-state index in [4.69, 9.17) is 5.11 Å². The molecular formula is C19H28N2O2. The number of hydrogen-bond donors (Lipinski definition) is 2. The van der Waals surface area contributed by atoms with Crippen molar-refractivity contribution in [3.05, 3.63) is 34.9 Å². The zero-order valence-electron chi connectivity index (χ0n) is 14.4.